The lowest BCUT2D eigenvalue weighted by Gasteiger charge is -2.17. The molecule has 3 heterocycles. The first kappa shape index (κ1) is 19.2. The molecule has 0 radical (unpaired) electrons. The third-order valence-electron chi connectivity index (χ3n) is 4.30. The van der Waals surface area contributed by atoms with Gasteiger partial charge in [0.1, 0.15) is 16.6 Å². The van der Waals surface area contributed by atoms with Gasteiger partial charge in [-0.25, -0.2) is 9.97 Å². The van der Waals surface area contributed by atoms with Crippen LogP contribution in [0.15, 0.2) is 29.6 Å². The molecule has 4 rings (SSSR count). The highest BCUT2D eigenvalue weighted by Crippen LogP contribution is 2.33. The number of carbonyl (C=O) groups is 1. The van der Waals surface area contributed by atoms with Gasteiger partial charge in [-0.15, -0.1) is 11.8 Å². The lowest BCUT2D eigenvalue weighted by Crippen LogP contribution is -2.32. The van der Waals surface area contributed by atoms with E-state index in [9.17, 15) is 4.79 Å². The first-order valence-corrected chi connectivity index (χ1v) is 9.87. The number of hydrogen-bond acceptors (Lipinski definition) is 9. The lowest BCUT2D eigenvalue weighted by molar-refractivity contribution is -0.117. The van der Waals surface area contributed by atoms with Crippen molar-refractivity contribution in [1.82, 2.24) is 25.3 Å². The van der Waals surface area contributed by atoms with Crippen LogP contribution in [-0.2, 0) is 4.79 Å². The number of rotatable bonds is 6. The van der Waals surface area contributed by atoms with Crippen molar-refractivity contribution in [3.8, 4) is 11.5 Å². The van der Waals surface area contributed by atoms with E-state index < -0.39 is 6.04 Å². The van der Waals surface area contributed by atoms with Crippen LogP contribution in [0, 0.1) is 0 Å². The number of nitrogens with one attached hydrogen (secondary N) is 2. The molecular weight excluding hydrogens is 414 g/mol. The minimum Gasteiger partial charge on any atom is -0.493 e. The van der Waals surface area contributed by atoms with E-state index in [4.69, 9.17) is 27.4 Å². The fourth-order valence-electron chi connectivity index (χ4n) is 2.94. The smallest absolute Gasteiger partial charge is 0.256 e. The zero-order chi connectivity index (χ0) is 20.5. The summed E-state index contributed by atoms with van der Waals surface area (Å²) in [5, 5.41) is 4.00. The quantitative estimate of drug-likeness (QED) is 0.298. The lowest BCUT2D eigenvalue weighted by atomic mass is 10.2. The van der Waals surface area contributed by atoms with Crippen molar-refractivity contribution < 1.29 is 14.3 Å². The molecule has 1 atom stereocenters. The normalized spacial score (nSPS) is 16.3. The van der Waals surface area contributed by atoms with E-state index >= 15 is 0 Å². The number of H-pyrrole nitrogens is 1. The molecule has 1 unspecified atom stereocenters. The Hall–Kier alpha value is -3.12. The Morgan fingerprint density at radius 2 is 2.07 bits per heavy atom. The van der Waals surface area contributed by atoms with Gasteiger partial charge in [0.05, 0.1) is 26.2 Å². The van der Waals surface area contributed by atoms with E-state index in [1.807, 2.05) is 0 Å². The summed E-state index contributed by atoms with van der Waals surface area (Å²) in [6.45, 7) is 0. The summed E-state index contributed by atoms with van der Waals surface area (Å²) < 4.78 is 10.6. The van der Waals surface area contributed by atoms with Crippen LogP contribution >= 0.6 is 24.0 Å². The van der Waals surface area contributed by atoms with Gasteiger partial charge in [-0.2, -0.15) is 4.98 Å². The maximum absolute atomic E-state index is 13.0. The number of hydrogen-bond donors (Lipinski definition) is 3. The molecule has 1 aliphatic heterocycles. The summed E-state index contributed by atoms with van der Waals surface area (Å²) in [5.41, 5.74) is 7.49. The van der Waals surface area contributed by atoms with Gasteiger partial charge in [-0.3, -0.25) is 9.69 Å². The number of carbonyl (C=O) groups excluding carboxylic acids is 1. The molecule has 29 heavy (non-hydrogen) atoms. The number of nitrogens with two attached hydrogens (primary N) is 1. The van der Waals surface area contributed by atoms with Crippen LogP contribution < -0.4 is 25.4 Å². The average molecular weight is 432 g/mol. The number of fused-ring (bicyclic) bond motifs is 1. The number of amides is 1. The molecule has 150 valence electrons. The maximum Gasteiger partial charge on any atom is 0.256 e. The number of aromatic amines is 1. The molecule has 3 aromatic rings. The van der Waals surface area contributed by atoms with Crippen molar-refractivity contribution in [2.45, 2.75) is 11.1 Å². The molecule has 0 bridgehead atoms. The van der Waals surface area contributed by atoms with Crippen molar-refractivity contribution in [2.24, 2.45) is 0 Å². The molecule has 1 aromatic carbocycles. The second-order valence-electron chi connectivity index (χ2n) is 6.01. The number of aromatic nitrogens is 4. The Bertz CT molecular complexity index is 1100. The number of nitrogens with zero attached hydrogens (tertiary/aromatic N) is 4. The van der Waals surface area contributed by atoms with E-state index in [-0.39, 0.29) is 11.9 Å². The van der Waals surface area contributed by atoms with Gasteiger partial charge < -0.3 is 25.5 Å². The summed E-state index contributed by atoms with van der Waals surface area (Å²) in [6, 6.07) is 4.67. The van der Waals surface area contributed by atoms with Gasteiger partial charge in [0.15, 0.2) is 22.3 Å². The molecular formula is C17H17N7O3S2. The standard InChI is InChI=1S/C17H17N7O3S2/c1-26-10-4-3-8(5-11(10)27-2)24-15(25)9(21-17(24)28)6-29-14-12-13(20-7-19-12)22-16(18)23-14/h3-5,7,9H,6H2,1-2H3,(H,21,28)(H3,18,19,20,22,23). The van der Waals surface area contributed by atoms with Gasteiger partial charge in [-0.05, 0) is 24.4 Å². The minimum atomic E-state index is -0.519. The van der Waals surface area contributed by atoms with E-state index in [0.717, 1.165) is 0 Å². The largest absolute Gasteiger partial charge is 0.493 e. The average Bonchev–Trinajstić information content (AvgIpc) is 3.29. The number of thioether (sulfide) groups is 1. The second kappa shape index (κ2) is 7.72. The molecule has 0 aliphatic carbocycles. The third kappa shape index (κ3) is 3.51. The maximum atomic E-state index is 13.0. The molecule has 1 amide bonds. The number of imidazole rings is 1. The Morgan fingerprint density at radius 3 is 2.83 bits per heavy atom. The summed E-state index contributed by atoms with van der Waals surface area (Å²) in [6.07, 6.45) is 1.52. The Kier molecular flexibility index (Phi) is 5.11. The zero-order valence-corrected chi connectivity index (χ0v) is 17.1. The summed E-state index contributed by atoms with van der Waals surface area (Å²) >= 11 is 6.75. The number of benzene rings is 1. The number of thiocarbonyl (C=S) groups is 1. The van der Waals surface area contributed by atoms with Crippen molar-refractivity contribution in [3.63, 3.8) is 0 Å². The highest BCUT2D eigenvalue weighted by atomic mass is 32.2. The first-order chi connectivity index (χ1) is 14.0. The van der Waals surface area contributed by atoms with Gasteiger partial charge in [0, 0.05) is 11.8 Å². The number of nitrogen functional groups attached to an aromatic ring is 1. The fourth-order valence-corrected chi connectivity index (χ4v) is 4.28. The number of anilines is 2. The fraction of sp³-hybridized carbons (Fsp3) is 0.235. The number of ether oxygens (including phenoxy) is 2. The van der Waals surface area contributed by atoms with E-state index in [2.05, 4.69) is 25.3 Å². The van der Waals surface area contributed by atoms with Gasteiger partial charge in [0.25, 0.3) is 5.91 Å². The summed E-state index contributed by atoms with van der Waals surface area (Å²) in [4.78, 5) is 29.8. The van der Waals surface area contributed by atoms with Gasteiger partial charge in [0.2, 0.25) is 5.95 Å². The summed E-state index contributed by atoms with van der Waals surface area (Å²) in [7, 11) is 3.08. The topological polar surface area (TPSA) is 131 Å². The van der Waals surface area contributed by atoms with Crippen LogP contribution in [0.2, 0.25) is 0 Å². The Balaban J connectivity index is 1.53. The predicted octanol–water partition coefficient (Wildman–Crippen LogP) is 1.33. The molecule has 0 spiro atoms. The van der Waals surface area contributed by atoms with Crippen LogP contribution in [0.3, 0.4) is 0 Å². The van der Waals surface area contributed by atoms with E-state index in [1.165, 1.54) is 30.1 Å². The van der Waals surface area contributed by atoms with Crippen molar-refractivity contribution in [3.05, 3.63) is 24.5 Å². The monoisotopic (exact) mass is 431 g/mol. The van der Waals surface area contributed by atoms with Crippen LogP contribution in [-0.4, -0.2) is 57.0 Å². The second-order valence-corrected chi connectivity index (χ2v) is 7.41. The molecule has 1 fully saturated rings. The number of methoxy groups -OCH3 is 2. The minimum absolute atomic E-state index is 0.125. The summed E-state index contributed by atoms with van der Waals surface area (Å²) in [5.74, 6) is 1.43. The van der Waals surface area contributed by atoms with Crippen molar-refractivity contribution >= 4 is 57.8 Å². The van der Waals surface area contributed by atoms with Crippen LogP contribution in [0.1, 0.15) is 0 Å². The molecule has 10 nitrogen and oxygen atoms in total. The molecule has 2 aromatic heterocycles. The zero-order valence-electron chi connectivity index (χ0n) is 15.5. The molecule has 1 saturated heterocycles. The highest BCUT2D eigenvalue weighted by Gasteiger charge is 2.37. The Labute approximate surface area is 175 Å². The van der Waals surface area contributed by atoms with E-state index in [0.29, 0.717) is 44.2 Å². The molecule has 0 saturated carbocycles. The van der Waals surface area contributed by atoms with Gasteiger partial charge >= 0.3 is 0 Å². The molecule has 12 heteroatoms. The third-order valence-corrected chi connectivity index (χ3v) is 5.67. The van der Waals surface area contributed by atoms with Gasteiger partial charge in [-0.1, -0.05) is 0 Å². The molecule has 4 N–H and O–H groups in total. The highest BCUT2D eigenvalue weighted by molar-refractivity contribution is 7.99. The van der Waals surface area contributed by atoms with Crippen molar-refractivity contribution in [1.29, 1.82) is 0 Å². The van der Waals surface area contributed by atoms with Crippen LogP contribution in [0.4, 0.5) is 11.6 Å². The van der Waals surface area contributed by atoms with Crippen molar-refractivity contribution in [2.75, 3.05) is 30.6 Å². The predicted molar refractivity (Wildman–Crippen MR) is 113 cm³/mol. The first-order valence-electron chi connectivity index (χ1n) is 8.47. The Morgan fingerprint density at radius 1 is 1.28 bits per heavy atom. The van der Waals surface area contributed by atoms with E-state index in [1.54, 1.807) is 25.3 Å². The van der Waals surface area contributed by atoms with Crippen LogP contribution in [0.25, 0.3) is 11.2 Å². The van der Waals surface area contributed by atoms with Crippen LogP contribution in [0.5, 0.6) is 11.5 Å². The molecule has 1 aliphatic rings. The SMILES string of the molecule is COc1ccc(N2C(=O)C(CSc3nc(N)nc4nc[nH]c34)NC2=S)cc1OC.